The molecule has 4 fully saturated rings. The lowest BCUT2D eigenvalue weighted by atomic mass is 9.58. The summed E-state index contributed by atoms with van der Waals surface area (Å²) in [6.45, 7) is 2.36. The highest BCUT2D eigenvalue weighted by Gasteiger charge is 2.72. The fourth-order valence-corrected chi connectivity index (χ4v) is 5.25. The topological polar surface area (TPSA) is 47.9 Å². The zero-order valence-electron chi connectivity index (χ0n) is 11.5. The lowest BCUT2D eigenvalue weighted by Crippen LogP contribution is -2.74. The summed E-state index contributed by atoms with van der Waals surface area (Å²) < 4.78 is 18.7. The average Bonchev–Trinajstić information content (AvgIpc) is 3.13. The fourth-order valence-electron chi connectivity index (χ4n) is 5.25. The summed E-state index contributed by atoms with van der Waals surface area (Å²) >= 11 is 0. The SMILES string of the molecule is O[C@@H]1CC[C@@]2(CCCO2)[C@@]2(CCCO2)[C@@]12CCCO2. The van der Waals surface area contributed by atoms with Gasteiger partial charge in [0.25, 0.3) is 0 Å². The zero-order chi connectivity index (χ0) is 13.0. The van der Waals surface area contributed by atoms with Crippen molar-refractivity contribution in [3.63, 3.8) is 0 Å². The van der Waals surface area contributed by atoms with E-state index >= 15 is 0 Å². The van der Waals surface area contributed by atoms with Gasteiger partial charge in [-0.2, -0.15) is 0 Å². The molecule has 3 saturated heterocycles. The largest absolute Gasteiger partial charge is 0.390 e. The molecule has 4 rings (SSSR count). The molecular weight excluding hydrogens is 244 g/mol. The molecule has 0 aromatic rings. The van der Waals surface area contributed by atoms with Crippen molar-refractivity contribution < 1.29 is 19.3 Å². The van der Waals surface area contributed by atoms with Crippen molar-refractivity contribution in [3.8, 4) is 0 Å². The van der Waals surface area contributed by atoms with Gasteiger partial charge in [0, 0.05) is 19.8 Å². The maximum atomic E-state index is 10.7. The summed E-state index contributed by atoms with van der Waals surface area (Å²) in [5.41, 5.74) is -1.11. The third kappa shape index (κ3) is 1.39. The maximum Gasteiger partial charge on any atom is 0.128 e. The molecule has 0 aromatic carbocycles. The molecular formula is C15H24O4. The molecule has 0 radical (unpaired) electrons. The van der Waals surface area contributed by atoms with Crippen molar-refractivity contribution in [3.05, 3.63) is 0 Å². The van der Waals surface area contributed by atoms with Crippen LogP contribution in [-0.4, -0.2) is 47.8 Å². The van der Waals surface area contributed by atoms with E-state index in [9.17, 15) is 5.11 Å². The van der Waals surface area contributed by atoms with Crippen LogP contribution in [-0.2, 0) is 14.2 Å². The number of hydrogen-bond acceptors (Lipinski definition) is 4. The van der Waals surface area contributed by atoms with Crippen LogP contribution < -0.4 is 0 Å². The Balaban J connectivity index is 1.83. The second kappa shape index (κ2) is 4.17. The Kier molecular flexibility index (Phi) is 2.76. The number of rotatable bonds is 0. The second-order valence-electron chi connectivity index (χ2n) is 6.62. The first-order chi connectivity index (χ1) is 9.25. The maximum absolute atomic E-state index is 10.7. The minimum Gasteiger partial charge on any atom is -0.390 e. The first-order valence-electron chi connectivity index (χ1n) is 7.85. The predicted octanol–water partition coefficient (Wildman–Crippen LogP) is 1.79. The van der Waals surface area contributed by atoms with Gasteiger partial charge in [0.2, 0.25) is 0 Å². The minimum atomic E-state index is -0.508. The second-order valence-corrected chi connectivity index (χ2v) is 6.62. The molecule has 1 saturated carbocycles. The summed E-state index contributed by atoms with van der Waals surface area (Å²) in [5, 5.41) is 10.7. The number of aliphatic hydroxyl groups is 1. The van der Waals surface area contributed by atoms with E-state index < -0.39 is 17.3 Å². The van der Waals surface area contributed by atoms with Gasteiger partial charge in [-0.25, -0.2) is 0 Å². The van der Waals surface area contributed by atoms with Crippen LogP contribution in [0.15, 0.2) is 0 Å². The van der Waals surface area contributed by atoms with E-state index in [2.05, 4.69) is 0 Å². The summed E-state index contributed by atoms with van der Waals surface area (Å²) in [5.74, 6) is 0. The standard InChI is InChI=1S/C15H24O4/c16-12-4-8-13(5-1-9-17-13)15(7-3-11-19-15)14(12)6-2-10-18-14/h12,16H,1-11H2/t12-,13+,14-,15+/m1/s1. The Bertz CT molecular complexity index is 349. The van der Waals surface area contributed by atoms with Crippen molar-refractivity contribution in [1.29, 1.82) is 0 Å². The molecule has 108 valence electrons. The van der Waals surface area contributed by atoms with Crippen molar-refractivity contribution in [2.24, 2.45) is 0 Å². The molecule has 1 aliphatic carbocycles. The average molecular weight is 268 g/mol. The smallest absolute Gasteiger partial charge is 0.128 e. The minimum absolute atomic E-state index is 0.201. The molecule has 0 aromatic heterocycles. The van der Waals surface area contributed by atoms with Gasteiger partial charge in [-0.1, -0.05) is 0 Å². The molecule has 0 amide bonds. The van der Waals surface area contributed by atoms with Crippen molar-refractivity contribution in [2.75, 3.05) is 19.8 Å². The highest BCUT2D eigenvalue weighted by atomic mass is 16.6. The van der Waals surface area contributed by atoms with E-state index in [0.29, 0.717) is 0 Å². The summed E-state index contributed by atoms with van der Waals surface area (Å²) in [7, 11) is 0. The normalized spacial score (nSPS) is 53.8. The lowest BCUT2D eigenvalue weighted by Gasteiger charge is -2.59. The van der Waals surface area contributed by atoms with Gasteiger partial charge >= 0.3 is 0 Å². The summed E-state index contributed by atoms with van der Waals surface area (Å²) in [4.78, 5) is 0. The van der Waals surface area contributed by atoms with Crippen LogP contribution >= 0.6 is 0 Å². The summed E-state index contributed by atoms with van der Waals surface area (Å²) in [6, 6.07) is 0. The Morgan fingerprint density at radius 1 is 0.789 bits per heavy atom. The predicted molar refractivity (Wildman–Crippen MR) is 69.0 cm³/mol. The highest BCUT2D eigenvalue weighted by Crippen LogP contribution is 2.60. The van der Waals surface area contributed by atoms with Crippen LogP contribution in [0.25, 0.3) is 0 Å². The molecule has 4 aliphatic rings. The highest BCUT2D eigenvalue weighted by molar-refractivity contribution is 5.23. The van der Waals surface area contributed by atoms with E-state index in [0.717, 1.165) is 71.2 Å². The van der Waals surface area contributed by atoms with Gasteiger partial charge in [-0.3, -0.25) is 0 Å². The quantitative estimate of drug-likeness (QED) is 0.727. The van der Waals surface area contributed by atoms with Crippen LogP contribution in [0.4, 0.5) is 0 Å². The monoisotopic (exact) mass is 268 g/mol. The Labute approximate surface area is 114 Å². The van der Waals surface area contributed by atoms with Gasteiger partial charge in [0.15, 0.2) is 0 Å². The van der Waals surface area contributed by atoms with E-state index in [1.54, 1.807) is 0 Å². The third-order valence-electron chi connectivity index (χ3n) is 5.96. The van der Waals surface area contributed by atoms with Gasteiger partial charge in [-0.05, 0) is 51.4 Å². The number of aliphatic hydroxyl groups excluding tert-OH is 1. The Morgan fingerprint density at radius 3 is 2.16 bits per heavy atom. The van der Waals surface area contributed by atoms with Crippen LogP contribution in [0, 0.1) is 0 Å². The molecule has 0 bridgehead atoms. The van der Waals surface area contributed by atoms with Gasteiger partial charge in [0.05, 0.1) is 6.10 Å². The van der Waals surface area contributed by atoms with Crippen molar-refractivity contribution >= 4 is 0 Å². The van der Waals surface area contributed by atoms with Gasteiger partial charge in [0.1, 0.15) is 16.8 Å². The fraction of sp³-hybridized carbons (Fsp3) is 1.00. The first kappa shape index (κ1) is 12.6. The third-order valence-corrected chi connectivity index (χ3v) is 5.96. The molecule has 0 unspecified atom stereocenters. The molecule has 4 nitrogen and oxygen atoms in total. The number of fused-ring (bicyclic) bond motifs is 2. The zero-order valence-corrected chi connectivity index (χ0v) is 11.5. The molecule has 19 heavy (non-hydrogen) atoms. The van der Waals surface area contributed by atoms with Crippen molar-refractivity contribution in [1.82, 2.24) is 0 Å². The Hall–Kier alpha value is -0.160. The van der Waals surface area contributed by atoms with Crippen LogP contribution in [0.5, 0.6) is 0 Å². The van der Waals surface area contributed by atoms with Gasteiger partial charge in [-0.15, -0.1) is 0 Å². The van der Waals surface area contributed by atoms with Crippen molar-refractivity contribution in [2.45, 2.75) is 74.3 Å². The Morgan fingerprint density at radius 2 is 1.53 bits per heavy atom. The molecule has 4 atom stereocenters. The molecule has 3 spiro atoms. The van der Waals surface area contributed by atoms with E-state index in [1.165, 1.54) is 0 Å². The number of hydrogen-bond donors (Lipinski definition) is 1. The molecule has 3 aliphatic heterocycles. The van der Waals surface area contributed by atoms with Gasteiger partial charge < -0.3 is 19.3 Å². The van der Waals surface area contributed by atoms with E-state index in [1.807, 2.05) is 0 Å². The first-order valence-corrected chi connectivity index (χ1v) is 7.85. The molecule has 1 N–H and O–H groups in total. The van der Waals surface area contributed by atoms with Crippen LogP contribution in [0.3, 0.4) is 0 Å². The van der Waals surface area contributed by atoms with E-state index in [4.69, 9.17) is 14.2 Å². The van der Waals surface area contributed by atoms with Crippen LogP contribution in [0.1, 0.15) is 51.4 Å². The van der Waals surface area contributed by atoms with E-state index in [-0.39, 0.29) is 5.60 Å². The lowest BCUT2D eigenvalue weighted by molar-refractivity contribution is -0.303. The molecule has 4 heteroatoms. The number of ether oxygens (including phenoxy) is 3. The molecule has 3 heterocycles. The van der Waals surface area contributed by atoms with Crippen LogP contribution in [0.2, 0.25) is 0 Å². The summed E-state index contributed by atoms with van der Waals surface area (Å²) in [6.07, 6.45) is 7.44.